The molecule has 23 heavy (non-hydrogen) atoms. The SMILES string of the molecule is Cc1cc(C(=O)N2CCN(C)CC2)nc(N2CCC(C)CC2)n1. The van der Waals surface area contributed by atoms with E-state index in [9.17, 15) is 4.79 Å². The van der Waals surface area contributed by atoms with Crippen molar-refractivity contribution in [1.29, 1.82) is 0 Å². The van der Waals surface area contributed by atoms with Gasteiger partial charge in [-0.05, 0) is 38.8 Å². The Labute approximate surface area is 138 Å². The maximum atomic E-state index is 12.7. The van der Waals surface area contributed by atoms with Gasteiger partial charge < -0.3 is 14.7 Å². The average molecular weight is 317 g/mol. The summed E-state index contributed by atoms with van der Waals surface area (Å²) >= 11 is 0. The quantitative estimate of drug-likeness (QED) is 0.825. The fourth-order valence-corrected chi connectivity index (χ4v) is 3.18. The lowest BCUT2D eigenvalue weighted by Gasteiger charge is -2.33. The Hall–Kier alpha value is -1.69. The van der Waals surface area contributed by atoms with Crippen LogP contribution in [-0.2, 0) is 0 Å². The fourth-order valence-electron chi connectivity index (χ4n) is 3.18. The van der Waals surface area contributed by atoms with Gasteiger partial charge in [-0.1, -0.05) is 6.92 Å². The second-order valence-electron chi connectivity index (χ2n) is 6.96. The minimum absolute atomic E-state index is 0.0372. The van der Waals surface area contributed by atoms with Crippen LogP contribution in [0.1, 0.15) is 35.9 Å². The lowest BCUT2D eigenvalue weighted by atomic mass is 10.00. The van der Waals surface area contributed by atoms with Gasteiger partial charge in [0.2, 0.25) is 5.95 Å². The Kier molecular flexibility index (Phi) is 4.80. The van der Waals surface area contributed by atoms with Crippen LogP contribution in [0.15, 0.2) is 6.07 Å². The van der Waals surface area contributed by atoms with Crippen molar-refractivity contribution in [3.8, 4) is 0 Å². The van der Waals surface area contributed by atoms with E-state index in [4.69, 9.17) is 0 Å². The normalized spacial score (nSPS) is 20.8. The number of piperazine rings is 1. The zero-order chi connectivity index (χ0) is 16.4. The van der Waals surface area contributed by atoms with E-state index < -0.39 is 0 Å². The Morgan fingerprint density at radius 1 is 1.09 bits per heavy atom. The Bertz CT molecular complexity index is 560. The highest BCUT2D eigenvalue weighted by Gasteiger charge is 2.24. The summed E-state index contributed by atoms with van der Waals surface area (Å²) < 4.78 is 0. The second-order valence-corrected chi connectivity index (χ2v) is 6.96. The molecule has 0 aliphatic carbocycles. The monoisotopic (exact) mass is 317 g/mol. The van der Waals surface area contributed by atoms with Gasteiger partial charge in [0.25, 0.3) is 5.91 Å². The van der Waals surface area contributed by atoms with E-state index in [1.54, 1.807) is 0 Å². The third kappa shape index (κ3) is 3.80. The summed E-state index contributed by atoms with van der Waals surface area (Å²) in [4.78, 5) is 28.3. The molecule has 6 heteroatoms. The van der Waals surface area contributed by atoms with Crippen LogP contribution in [0.25, 0.3) is 0 Å². The second kappa shape index (κ2) is 6.83. The first-order valence-corrected chi connectivity index (χ1v) is 8.61. The molecule has 0 N–H and O–H groups in total. The topological polar surface area (TPSA) is 52.6 Å². The average Bonchev–Trinajstić information content (AvgIpc) is 2.55. The van der Waals surface area contributed by atoms with Crippen molar-refractivity contribution in [1.82, 2.24) is 19.8 Å². The summed E-state index contributed by atoms with van der Waals surface area (Å²) in [5.41, 5.74) is 1.40. The number of piperidine rings is 1. The molecule has 6 nitrogen and oxygen atoms in total. The van der Waals surface area contributed by atoms with Crippen LogP contribution in [0.3, 0.4) is 0 Å². The molecule has 0 saturated carbocycles. The van der Waals surface area contributed by atoms with Gasteiger partial charge in [-0.25, -0.2) is 9.97 Å². The minimum atomic E-state index is 0.0372. The van der Waals surface area contributed by atoms with E-state index in [0.29, 0.717) is 5.69 Å². The number of anilines is 1. The zero-order valence-electron chi connectivity index (χ0n) is 14.5. The van der Waals surface area contributed by atoms with E-state index in [-0.39, 0.29) is 5.91 Å². The molecule has 0 atom stereocenters. The summed E-state index contributed by atoms with van der Waals surface area (Å²) in [6, 6.07) is 1.82. The third-order valence-electron chi connectivity index (χ3n) is 4.92. The third-order valence-corrected chi connectivity index (χ3v) is 4.92. The molecule has 2 fully saturated rings. The molecule has 126 valence electrons. The van der Waals surface area contributed by atoms with Crippen molar-refractivity contribution >= 4 is 11.9 Å². The van der Waals surface area contributed by atoms with Crippen LogP contribution in [0.2, 0.25) is 0 Å². The van der Waals surface area contributed by atoms with Crippen LogP contribution in [0.4, 0.5) is 5.95 Å². The molecule has 3 rings (SSSR count). The Morgan fingerprint density at radius 2 is 1.74 bits per heavy atom. The number of hydrogen-bond donors (Lipinski definition) is 0. The van der Waals surface area contributed by atoms with Crippen LogP contribution in [-0.4, -0.2) is 72.0 Å². The molecule has 1 aromatic heterocycles. The summed E-state index contributed by atoms with van der Waals surface area (Å²) in [7, 11) is 2.09. The lowest BCUT2D eigenvalue weighted by molar-refractivity contribution is 0.0658. The van der Waals surface area contributed by atoms with Crippen LogP contribution in [0.5, 0.6) is 0 Å². The minimum Gasteiger partial charge on any atom is -0.341 e. The van der Waals surface area contributed by atoms with Gasteiger partial charge in [-0.3, -0.25) is 4.79 Å². The molecule has 0 bridgehead atoms. The van der Waals surface area contributed by atoms with Crippen molar-refractivity contribution in [3.63, 3.8) is 0 Å². The number of amides is 1. The largest absolute Gasteiger partial charge is 0.341 e. The van der Waals surface area contributed by atoms with Gasteiger partial charge in [-0.15, -0.1) is 0 Å². The smallest absolute Gasteiger partial charge is 0.272 e. The number of hydrogen-bond acceptors (Lipinski definition) is 5. The Balaban J connectivity index is 1.76. The van der Waals surface area contributed by atoms with E-state index in [2.05, 4.69) is 33.7 Å². The van der Waals surface area contributed by atoms with Crippen LogP contribution < -0.4 is 4.90 Å². The highest BCUT2D eigenvalue weighted by molar-refractivity contribution is 5.92. The molecule has 0 unspecified atom stereocenters. The molecule has 1 aromatic rings. The predicted molar refractivity (Wildman–Crippen MR) is 90.8 cm³/mol. The molecule has 0 aromatic carbocycles. The van der Waals surface area contributed by atoms with Gasteiger partial charge in [0.15, 0.2) is 0 Å². The molecular formula is C17H27N5O. The van der Waals surface area contributed by atoms with Crippen LogP contribution in [0, 0.1) is 12.8 Å². The molecule has 0 spiro atoms. The van der Waals surface area contributed by atoms with Crippen LogP contribution >= 0.6 is 0 Å². The maximum absolute atomic E-state index is 12.7. The molecule has 1 amide bonds. The summed E-state index contributed by atoms with van der Waals surface area (Å²) in [5, 5.41) is 0. The fraction of sp³-hybridized carbons (Fsp3) is 0.706. The van der Waals surface area contributed by atoms with Gasteiger partial charge in [-0.2, -0.15) is 0 Å². The molecular weight excluding hydrogens is 290 g/mol. The summed E-state index contributed by atoms with van der Waals surface area (Å²) in [6.07, 6.45) is 2.33. The van der Waals surface area contributed by atoms with Gasteiger partial charge in [0.05, 0.1) is 0 Å². The van der Waals surface area contributed by atoms with Crippen molar-refractivity contribution in [2.75, 3.05) is 51.2 Å². The first-order valence-electron chi connectivity index (χ1n) is 8.61. The molecule has 2 aliphatic rings. The zero-order valence-corrected chi connectivity index (χ0v) is 14.5. The van der Waals surface area contributed by atoms with Crippen molar-refractivity contribution in [2.45, 2.75) is 26.7 Å². The number of carbonyl (C=O) groups is 1. The van der Waals surface area contributed by atoms with E-state index in [0.717, 1.165) is 56.8 Å². The van der Waals surface area contributed by atoms with E-state index in [1.165, 1.54) is 12.8 Å². The first kappa shape index (κ1) is 16.2. The van der Waals surface area contributed by atoms with Gasteiger partial charge in [0.1, 0.15) is 5.69 Å². The molecule has 0 radical (unpaired) electrons. The number of carbonyl (C=O) groups excluding carboxylic acids is 1. The number of likely N-dealkylation sites (N-methyl/N-ethyl adjacent to an activating group) is 1. The standard InChI is InChI=1S/C17H27N5O/c1-13-4-6-22(7-5-13)17-18-14(2)12-15(19-17)16(23)21-10-8-20(3)9-11-21/h12-13H,4-11H2,1-3H3. The number of aromatic nitrogens is 2. The predicted octanol–water partition coefficient (Wildman–Crippen LogP) is 1.41. The van der Waals surface area contributed by atoms with E-state index >= 15 is 0 Å². The van der Waals surface area contributed by atoms with Gasteiger partial charge in [0, 0.05) is 45.0 Å². The number of nitrogens with zero attached hydrogens (tertiary/aromatic N) is 5. The first-order chi connectivity index (χ1) is 11.0. The molecule has 2 aliphatic heterocycles. The molecule has 2 saturated heterocycles. The van der Waals surface area contributed by atoms with Crippen molar-refractivity contribution in [3.05, 3.63) is 17.5 Å². The Morgan fingerprint density at radius 3 is 2.39 bits per heavy atom. The summed E-state index contributed by atoms with van der Waals surface area (Å²) in [6.45, 7) is 9.58. The number of aryl methyl sites for hydroxylation is 1. The highest BCUT2D eigenvalue weighted by Crippen LogP contribution is 2.21. The lowest BCUT2D eigenvalue weighted by Crippen LogP contribution is -2.47. The van der Waals surface area contributed by atoms with Crippen molar-refractivity contribution in [2.24, 2.45) is 5.92 Å². The van der Waals surface area contributed by atoms with E-state index in [1.807, 2.05) is 17.9 Å². The molecule has 3 heterocycles. The van der Waals surface area contributed by atoms with Gasteiger partial charge >= 0.3 is 0 Å². The maximum Gasteiger partial charge on any atom is 0.272 e. The summed E-state index contributed by atoms with van der Waals surface area (Å²) in [5.74, 6) is 1.52. The van der Waals surface area contributed by atoms with Crippen molar-refractivity contribution < 1.29 is 4.79 Å². The highest BCUT2D eigenvalue weighted by atomic mass is 16.2. The number of rotatable bonds is 2.